The number of nitrogens with two attached hydrogens (primary N) is 1. The van der Waals surface area contributed by atoms with E-state index >= 15 is 0 Å². The summed E-state index contributed by atoms with van der Waals surface area (Å²) in [5.74, 6) is 0. The van der Waals surface area contributed by atoms with Crippen LogP contribution in [0.25, 0.3) is 0 Å². The SMILES string of the molecule is CC.CC.CC1(CCN)CNC1.[U]. The molecule has 0 aliphatic carbocycles. The zero-order valence-corrected chi connectivity index (χ0v) is 14.1. The third-order valence-corrected chi connectivity index (χ3v) is 1.85. The van der Waals surface area contributed by atoms with Gasteiger partial charge in [-0.15, -0.1) is 0 Å². The molecule has 1 rings (SSSR count). The molecule has 0 saturated carbocycles. The molecule has 1 aliphatic rings. The molecule has 13 heavy (non-hydrogen) atoms. The fourth-order valence-corrected chi connectivity index (χ4v) is 1.08. The van der Waals surface area contributed by atoms with E-state index in [2.05, 4.69) is 12.2 Å². The summed E-state index contributed by atoms with van der Waals surface area (Å²) >= 11 is 0. The monoisotopic (exact) mass is 412 g/mol. The van der Waals surface area contributed by atoms with Crippen molar-refractivity contribution in [3.63, 3.8) is 0 Å². The first-order chi connectivity index (χ1) is 5.77. The van der Waals surface area contributed by atoms with Gasteiger partial charge in [0.15, 0.2) is 0 Å². The van der Waals surface area contributed by atoms with Gasteiger partial charge >= 0.3 is 0 Å². The maximum Gasteiger partial charge on any atom is 0.00180 e. The molecule has 0 unspecified atom stereocenters. The van der Waals surface area contributed by atoms with E-state index in [1.807, 2.05) is 27.7 Å². The Labute approximate surface area is 108 Å². The van der Waals surface area contributed by atoms with Crippen molar-refractivity contribution >= 4 is 0 Å². The topological polar surface area (TPSA) is 38.0 Å². The predicted octanol–water partition coefficient (Wildman–Crippen LogP) is 2.00. The molecular weight excluding hydrogens is 386 g/mol. The molecule has 1 fully saturated rings. The van der Waals surface area contributed by atoms with Gasteiger partial charge in [0, 0.05) is 44.2 Å². The third kappa shape index (κ3) is 9.28. The Morgan fingerprint density at radius 2 is 1.54 bits per heavy atom. The van der Waals surface area contributed by atoms with Crippen molar-refractivity contribution in [1.82, 2.24) is 5.32 Å². The van der Waals surface area contributed by atoms with Crippen molar-refractivity contribution in [2.45, 2.75) is 41.0 Å². The average Bonchev–Trinajstić information content (AvgIpc) is 2.10. The first-order valence-electron chi connectivity index (χ1n) is 5.18. The Morgan fingerprint density at radius 1 is 1.15 bits per heavy atom. The van der Waals surface area contributed by atoms with Crippen molar-refractivity contribution in [2.75, 3.05) is 19.6 Å². The molecule has 3 N–H and O–H groups in total. The fraction of sp³-hybridized carbons (Fsp3) is 1.00. The molecule has 1 heterocycles. The van der Waals surface area contributed by atoms with Gasteiger partial charge in [-0.1, -0.05) is 34.6 Å². The van der Waals surface area contributed by atoms with Crippen LogP contribution in [-0.4, -0.2) is 19.6 Å². The summed E-state index contributed by atoms with van der Waals surface area (Å²) in [5, 5.41) is 3.23. The van der Waals surface area contributed by atoms with Gasteiger partial charge in [0.05, 0.1) is 0 Å². The second kappa shape index (κ2) is 13.0. The van der Waals surface area contributed by atoms with E-state index in [-0.39, 0.29) is 31.1 Å². The second-order valence-electron chi connectivity index (χ2n) is 2.95. The minimum absolute atomic E-state index is 0. The van der Waals surface area contributed by atoms with Crippen LogP contribution < -0.4 is 11.1 Å². The van der Waals surface area contributed by atoms with Crippen LogP contribution in [0.1, 0.15) is 41.0 Å². The summed E-state index contributed by atoms with van der Waals surface area (Å²) in [6.07, 6.45) is 1.17. The number of rotatable bonds is 2. The smallest absolute Gasteiger partial charge is 0.00180 e. The van der Waals surface area contributed by atoms with Gasteiger partial charge in [-0.2, -0.15) is 0 Å². The summed E-state index contributed by atoms with van der Waals surface area (Å²) < 4.78 is 0. The number of hydrogen-bond acceptors (Lipinski definition) is 2. The maximum absolute atomic E-state index is 5.40. The van der Waals surface area contributed by atoms with Gasteiger partial charge in [-0.3, -0.25) is 0 Å². The van der Waals surface area contributed by atoms with Crippen molar-refractivity contribution < 1.29 is 31.1 Å². The maximum atomic E-state index is 5.40. The van der Waals surface area contributed by atoms with E-state index in [4.69, 9.17) is 5.73 Å². The molecule has 0 aromatic rings. The summed E-state index contributed by atoms with van der Waals surface area (Å²) in [6.45, 7) is 13.4. The third-order valence-electron chi connectivity index (χ3n) is 1.85. The van der Waals surface area contributed by atoms with E-state index in [1.54, 1.807) is 0 Å². The van der Waals surface area contributed by atoms with Crippen LogP contribution in [-0.2, 0) is 0 Å². The summed E-state index contributed by atoms with van der Waals surface area (Å²) in [5.41, 5.74) is 5.93. The molecule has 0 aromatic carbocycles. The molecular formula is C10H26N2U. The van der Waals surface area contributed by atoms with Crippen molar-refractivity contribution in [2.24, 2.45) is 11.1 Å². The Morgan fingerprint density at radius 3 is 1.62 bits per heavy atom. The van der Waals surface area contributed by atoms with Crippen LogP contribution in [0.15, 0.2) is 0 Å². The minimum Gasteiger partial charge on any atom is -0.330 e. The predicted molar refractivity (Wildman–Crippen MR) is 57.3 cm³/mol. The van der Waals surface area contributed by atoms with Crippen molar-refractivity contribution in [3.05, 3.63) is 0 Å². The second-order valence-corrected chi connectivity index (χ2v) is 2.95. The van der Waals surface area contributed by atoms with Gasteiger partial charge in [0.2, 0.25) is 0 Å². The normalized spacial score (nSPS) is 16.2. The summed E-state index contributed by atoms with van der Waals surface area (Å²) in [7, 11) is 0. The van der Waals surface area contributed by atoms with E-state index < -0.39 is 0 Å². The molecule has 3 heteroatoms. The zero-order valence-electron chi connectivity index (χ0n) is 9.91. The zero-order chi connectivity index (χ0) is 10.0. The minimum atomic E-state index is 0. The quantitative estimate of drug-likeness (QED) is 0.728. The Hall–Kier alpha value is 0.972. The summed E-state index contributed by atoms with van der Waals surface area (Å²) in [6, 6.07) is 0. The largest absolute Gasteiger partial charge is 0.330 e. The molecule has 80 valence electrons. The molecule has 0 spiro atoms. The molecule has 0 atom stereocenters. The van der Waals surface area contributed by atoms with Crippen LogP contribution >= 0.6 is 0 Å². The average molecular weight is 412 g/mol. The van der Waals surface area contributed by atoms with Gasteiger partial charge in [0.25, 0.3) is 0 Å². The van der Waals surface area contributed by atoms with Crippen LogP contribution in [0.2, 0.25) is 0 Å². The Kier molecular flexibility index (Phi) is 19.5. The molecule has 0 radical (unpaired) electrons. The van der Waals surface area contributed by atoms with Crippen LogP contribution in [0, 0.1) is 36.5 Å². The van der Waals surface area contributed by atoms with E-state index in [9.17, 15) is 0 Å². The summed E-state index contributed by atoms with van der Waals surface area (Å²) in [4.78, 5) is 0. The number of nitrogens with one attached hydrogen (secondary N) is 1. The molecule has 2 nitrogen and oxygen atoms in total. The fourth-order valence-electron chi connectivity index (χ4n) is 1.08. The van der Waals surface area contributed by atoms with Gasteiger partial charge < -0.3 is 11.1 Å². The van der Waals surface area contributed by atoms with Gasteiger partial charge in [0.1, 0.15) is 0 Å². The van der Waals surface area contributed by atoms with E-state index in [1.165, 1.54) is 6.42 Å². The first-order valence-corrected chi connectivity index (χ1v) is 5.18. The van der Waals surface area contributed by atoms with E-state index in [0.717, 1.165) is 19.6 Å². The Balaban J connectivity index is -0.000000178. The van der Waals surface area contributed by atoms with E-state index in [0.29, 0.717) is 5.41 Å². The van der Waals surface area contributed by atoms with Gasteiger partial charge in [-0.25, -0.2) is 0 Å². The number of hydrogen-bond donors (Lipinski definition) is 2. The first kappa shape index (κ1) is 19.5. The van der Waals surface area contributed by atoms with Crippen molar-refractivity contribution in [1.29, 1.82) is 0 Å². The van der Waals surface area contributed by atoms with Crippen LogP contribution in [0.3, 0.4) is 0 Å². The molecule has 0 amide bonds. The molecule has 0 bridgehead atoms. The Bertz CT molecular complexity index is 83.0. The molecule has 1 saturated heterocycles. The molecule has 0 aromatic heterocycles. The molecule has 1 aliphatic heterocycles. The standard InChI is InChI=1S/C6H14N2.2C2H6.U/c1-6(2-3-7)4-8-5-6;2*1-2;/h8H,2-5,7H2,1H3;2*1-2H3;. The van der Waals surface area contributed by atoms with Crippen LogP contribution in [0.4, 0.5) is 0 Å². The van der Waals surface area contributed by atoms with Gasteiger partial charge in [-0.05, 0) is 18.4 Å². The van der Waals surface area contributed by atoms with Crippen molar-refractivity contribution in [3.8, 4) is 0 Å². The van der Waals surface area contributed by atoms with Crippen LogP contribution in [0.5, 0.6) is 0 Å².